The Morgan fingerprint density at radius 1 is 1.17 bits per heavy atom. The number of hydrogen-bond donors (Lipinski definition) is 2. The molecule has 1 saturated heterocycles. The molecule has 1 heterocycles. The lowest BCUT2D eigenvalue weighted by molar-refractivity contribution is -0.134. The normalized spacial score (nSPS) is 20.6. The van der Waals surface area contributed by atoms with E-state index in [0.717, 1.165) is 5.56 Å². The summed E-state index contributed by atoms with van der Waals surface area (Å²) in [6, 6.07) is 18.7. The zero-order valence-electron chi connectivity index (χ0n) is 12.3. The standard InChI is InChI=1S/C17H16N2O2S2/c20-15(11-13-7-3-1-4-8-13)18-19-16(22)23-12-17(19,21)14-9-5-2-6-10-14/h1-10,21H,11-12H2,(H,18,20). The average molecular weight is 344 g/mol. The van der Waals surface area contributed by atoms with Crippen molar-refractivity contribution in [2.45, 2.75) is 12.1 Å². The topological polar surface area (TPSA) is 52.6 Å². The van der Waals surface area contributed by atoms with Crippen LogP contribution >= 0.6 is 24.0 Å². The molecule has 23 heavy (non-hydrogen) atoms. The Morgan fingerprint density at radius 3 is 2.43 bits per heavy atom. The van der Waals surface area contributed by atoms with Gasteiger partial charge in [-0.1, -0.05) is 84.6 Å². The van der Waals surface area contributed by atoms with E-state index in [9.17, 15) is 9.90 Å². The van der Waals surface area contributed by atoms with Crippen LogP contribution in [0.1, 0.15) is 11.1 Å². The maximum atomic E-state index is 12.3. The molecule has 4 nitrogen and oxygen atoms in total. The SMILES string of the molecule is O=C(Cc1ccccc1)NN1C(=S)SCC1(O)c1ccccc1. The van der Waals surface area contributed by atoms with Gasteiger partial charge in [-0.3, -0.25) is 10.2 Å². The Labute approximate surface area is 144 Å². The third-order valence-corrected chi connectivity index (χ3v) is 5.14. The highest BCUT2D eigenvalue weighted by molar-refractivity contribution is 8.23. The van der Waals surface area contributed by atoms with Gasteiger partial charge >= 0.3 is 0 Å². The molecule has 1 aliphatic rings. The quantitative estimate of drug-likeness (QED) is 0.835. The summed E-state index contributed by atoms with van der Waals surface area (Å²) in [7, 11) is 0. The van der Waals surface area contributed by atoms with E-state index in [1.165, 1.54) is 16.8 Å². The van der Waals surface area contributed by atoms with Gasteiger partial charge in [0.25, 0.3) is 0 Å². The van der Waals surface area contributed by atoms with Gasteiger partial charge < -0.3 is 5.11 Å². The fourth-order valence-corrected chi connectivity index (χ4v) is 3.76. The van der Waals surface area contributed by atoms with Gasteiger partial charge in [0, 0.05) is 5.56 Å². The number of carbonyl (C=O) groups is 1. The van der Waals surface area contributed by atoms with Gasteiger partial charge in [0.2, 0.25) is 5.91 Å². The average Bonchev–Trinajstić information content (AvgIpc) is 2.86. The van der Waals surface area contributed by atoms with Crippen molar-refractivity contribution in [3.05, 3.63) is 71.8 Å². The molecule has 118 valence electrons. The van der Waals surface area contributed by atoms with Gasteiger partial charge in [-0.15, -0.1) is 0 Å². The zero-order chi connectivity index (χ0) is 16.3. The number of nitrogens with zero attached hydrogens (tertiary/aromatic N) is 1. The van der Waals surface area contributed by atoms with Crippen molar-refractivity contribution in [3.63, 3.8) is 0 Å². The molecule has 2 aromatic carbocycles. The Bertz CT molecular complexity index is 709. The molecule has 0 radical (unpaired) electrons. The van der Waals surface area contributed by atoms with Gasteiger partial charge in [0.05, 0.1) is 12.2 Å². The highest BCUT2D eigenvalue weighted by Crippen LogP contribution is 2.37. The minimum Gasteiger partial charge on any atom is -0.365 e. The number of thioether (sulfide) groups is 1. The van der Waals surface area contributed by atoms with Crippen molar-refractivity contribution in [3.8, 4) is 0 Å². The molecular formula is C17H16N2O2S2. The number of thiocarbonyl (C=S) groups is 1. The second kappa shape index (κ2) is 6.70. The maximum Gasteiger partial charge on any atom is 0.243 e. The minimum absolute atomic E-state index is 0.213. The van der Waals surface area contributed by atoms with E-state index in [4.69, 9.17) is 12.2 Å². The molecule has 1 amide bonds. The fraction of sp³-hybridized carbons (Fsp3) is 0.176. The first-order valence-corrected chi connectivity index (χ1v) is 8.57. The van der Waals surface area contributed by atoms with Crippen LogP contribution < -0.4 is 5.43 Å². The van der Waals surface area contributed by atoms with Gasteiger partial charge in [-0.05, 0) is 5.56 Å². The number of rotatable bonds is 4. The Kier molecular flexibility index (Phi) is 4.66. The molecule has 0 aromatic heterocycles. The monoisotopic (exact) mass is 344 g/mol. The van der Waals surface area contributed by atoms with Gasteiger partial charge in [0.1, 0.15) is 0 Å². The second-order valence-corrected chi connectivity index (χ2v) is 6.88. The van der Waals surface area contributed by atoms with Crippen molar-refractivity contribution in [1.29, 1.82) is 0 Å². The molecule has 0 aliphatic carbocycles. The highest BCUT2D eigenvalue weighted by Gasteiger charge is 2.45. The molecule has 2 aromatic rings. The summed E-state index contributed by atoms with van der Waals surface area (Å²) in [5, 5.41) is 12.4. The van der Waals surface area contributed by atoms with Crippen LogP contribution in [-0.4, -0.2) is 26.1 Å². The number of nitrogens with one attached hydrogen (secondary N) is 1. The number of carbonyl (C=O) groups excluding carboxylic acids is 1. The summed E-state index contributed by atoms with van der Waals surface area (Å²) < 4.78 is 0.456. The van der Waals surface area contributed by atoms with E-state index < -0.39 is 5.72 Å². The minimum atomic E-state index is -1.32. The first kappa shape index (κ1) is 16.0. The van der Waals surface area contributed by atoms with E-state index >= 15 is 0 Å². The summed E-state index contributed by atoms with van der Waals surface area (Å²) >= 11 is 6.63. The van der Waals surface area contributed by atoms with Crippen LogP contribution in [-0.2, 0) is 16.9 Å². The lowest BCUT2D eigenvalue weighted by Crippen LogP contribution is -2.54. The molecule has 1 atom stereocenters. The Balaban J connectivity index is 1.77. The van der Waals surface area contributed by atoms with Crippen LogP contribution in [0.4, 0.5) is 0 Å². The first-order valence-electron chi connectivity index (χ1n) is 7.18. The summed E-state index contributed by atoms with van der Waals surface area (Å²) in [5.41, 5.74) is 3.03. The summed E-state index contributed by atoms with van der Waals surface area (Å²) in [6.45, 7) is 0. The highest BCUT2D eigenvalue weighted by atomic mass is 32.2. The molecule has 0 saturated carbocycles. The van der Waals surface area contributed by atoms with Gasteiger partial charge in [-0.25, -0.2) is 5.01 Å². The van der Waals surface area contributed by atoms with Crippen LogP contribution in [0.3, 0.4) is 0 Å². The molecule has 1 aliphatic heterocycles. The fourth-order valence-electron chi connectivity index (χ4n) is 2.44. The number of benzene rings is 2. The molecule has 6 heteroatoms. The molecular weight excluding hydrogens is 328 g/mol. The first-order chi connectivity index (χ1) is 11.1. The lowest BCUT2D eigenvalue weighted by Gasteiger charge is -2.34. The second-order valence-electron chi connectivity index (χ2n) is 5.27. The predicted octanol–water partition coefficient (Wildman–Crippen LogP) is 2.44. The van der Waals surface area contributed by atoms with Crippen LogP contribution in [0.2, 0.25) is 0 Å². The number of hydrogen-bond acceptors (Lipinski definition) is 4. The molecule has 2 N–H and O–H groups in total. The molecule has 1 unspecified atom stereocenters. The number of amides is 1. The van der Waals surface area contributed by atoms with E-state index in [1.54, 1.807) is 0 Å². The number of aliphatic hydroxyl groups is 1. The zero-order valence-corrected chi connectivity index (χ0v) is 13.9. The smallest absolute Gasteiger partial charge is 0.243 e. The van der Waals surface area contributed by atoms with Crippen LogP contribution in [0.25, 0.3) is 0 Å². The van der Waals surface area contributed by atoms with Crippen molar-refractivity contribution in [2.24, 2.45) is 0 Å². The summed E-state index contributed by atoms with van der Waals surface area (Å²) in [5.74, 6) is 0.164. The molecule has 0 bridgehead atoms. The summed E-state index contributed by atoms with van der Waals surface area (Å²) in [4.78, 5) is 12.3. The van der Waals surface area contributed by atoms with E-state index in [0.29, 0.717) is 15.6 Å². The Hall–Kier alpha value is -1.89. The van der Waals surface area contributed by atoms with Crippen LogP contribution in [0, 0.1) is 0 Å². The molecule has 1 fully saturated rings. The van der Waals surface area contributed by atoms with Crippen molar-refractivity contribution < 1.29 is 9.90 Å². The molecule has 0 spiro atoms. The maximum absolute atomic E-state index is 12.3. The third kappa shape index (κ3) is 3.39. The van der Waals surface area contributed by atoms with E-state index in [1.807, 2.05) is 60.7 Å². The Morgan fingerprint density at radius 2 is 1.78 bits per heavy atom. The van der Waals surface area contributed by atoms with Gasteiger partial charge in [0.15, 0.2) is 10.0 Å². The van der Waals surface area contributed by atoms with E-state index in [-0.39, 0.29) is 12.3 Å². The largest absolute Gasteiger partial charge is 0.365 e. The lowest BCUT2D eigenvalue weighted by atomic mass is 10.0. The predicted molar refractivity (Wildman–Crippen MR) is 95.5 cm³/mol. The molecule has 3 rings (SSSR count). The third-order valence-electron chi connectivity index (χ3n) is 3.63. The van der Waals surface area contributed by atoms with Crippen molar-refractivity contribution in [2.75, 3.05) is 5.75 Å². The summed E-state index contributed by atoms with van der Waals surface area (Å²) in [6.07, 6.45) is 0.232. The number of hydrazine groups is 1. The van der Waals surface area contributed by atoms with Crippen molar-refractivity contribution >= 4 is 34.2 Å². The van der Waals surface area contributed by atoms with Crippen LogP contribution in [0.5, 0.6) is 0 Å². The van der Waals surface area contributed by atoms with E-state index in [2.05, 4.69) is 5.43 Å². The van der Waals surface area contributed by atoms with Crippen molar-refractivity contribution in [1.82, 2.24) is 10.4 Å². The van der Waals surface area contributed by atoms with Crippen LogP contribution in [0.15, 0.2) is 60.7 Å². The van der Waals surface area contributed by atoms with Gasteiger partial charge in [-0.2, -0.15) is 0 Å².